The Bertz CT molecular complexity index is 205. The molecule has 1 heterocycles. The number of hydrogen-bond acceptors (Lipinski definition) is 2. The standard InChI is InChI=1S/C8H15N3/c1-2-8-10-6-7(11-8)4-3-5-9/h6H,2-5,9H2,1H3,(H,10,11). The Morgan fingerprint density at radius 1 is 1.64 bits per heavy atom. The summed E-state index contributed by atoms with van der Waals surface area (Å²) in [6.45, 7) is 2.84. The number of rotatable bonds is 4. The maximum atomic E-state index is 5.38. The molecule has 0 fully saturated rings. The molecule has 3 nitrogen and oxygen atoms in total. The van der Waals surface area contributed by atoms with Gasteiger partial charge in [0.2, 0.25) is 0 Å². The second-order valence-electron chi connectivity index (χ2n) is 2.60. The van der Waals surface area contributed by atoms with Gasteiger partial charge in [0.15, 0.2) is 0 Å². The van der Waals surface area contributed by atoms with Gasteiger partial charge in [-0.1, -0.05) is 6.92 Å². The van der Waals surface area contributed by atoms with E-state index in [4.69, 9.17) is 5.73 Å². The summed E-state index contributed by atoms with van der Waals surface area (Å²) in [5.74, 6) is 1.07. The van der Waals surface area contributed by atoms with Crippen LogP contribution < -0.4 is 5.73 Å². The van der Waals surface area contributed by atoms with Crippen LogP contribution in [-0.4, -0.2) is 16.5 Å². The summed E-state index contributed by atoms with van der Waals surface area (Å²) in [6, 6.07) is 0. The number of H-pyrrole nitrogens is 1. The fraction of sp³-hybridized carbons (Fsp3) is 0.625. The molecule has 0 atom stereocenters. The lowest BCUT2D eigenvalue weighted by molar-refractivity contribution is 0.811. The maximum Gasteiger partial charge on any atom is 0.105 e. The van der Waals surface area contributed by atoms with Gasteiger partial charge >= 0.3 is 0 Å². The monoisotopic (exact) mass is 153 g/mol. The minimum Gasteiger partial charge on any atom is -0.346 e. The zero-order chi connectivity index (χ0) is 8.10. The van der Waals surface area contributed by atoms with E-state index in [9.17, 15) is 0 Å². The van der Waals surface area contributed by atoms with Crippen molar-refractivity contribution in [3.8, 4) is 0 Å². The van der Waals surface area contributed by atoms with Crippen LogP contribution in [0.4, 0.5) is 0 Å². The van der Waals surface area contributed by atoms with Gasteiger partial charge < -0.3 is 10.7 Å². The van der Waals surface area contributed by atoms with Gasteiger partial charge in [0.1, 0.15) is 5.82 Å². The lowest BCUT2D eigenvalue weighted by Crippen LogP contribution is -2.00. The van der Waals surface area contributed by atoms with Crippen LogP contribution in [0.5, 0.6) is 0 Å². The number of nitrogens with two attached hydrogens (primary N) is 1. The molecule has 0 aliphatic carbocycles. The van der Waals surface area contributed by atoms with Crippen molar-refractivity contribution < 1.29 is 0 Å². The van der Waals surface area contributed by atoms with Crippen LogP contribution in [0.15, 0.2) is 6.20 Å². The van der Waals surface area contributed by atoms with Crippen molar-refractivity contribution in [2.24, 2.45) is 5.73 Å². The first-order chi connectivity index (χ1) is 5.36. The average molecular weight is 153 g/mol. The third-order valence-corrected chi connectivity index (χ3v) is 1.67. The summed E-state index contributed by atoms with van der Waals surface area (Å²) in [7, 11) is 0. The molecule has 0 aliphatic heterocycles. The number of aromatic nitrogens is 2. The van der Waals surface area contributed by atoms with Crippen LogP contribution in [0.25, 0.3) is 0 Å². The fourth-order valence-corrected chi connectivity index (χ4v) is 1.00. The van der Waals surface area contributed by atoms with Crippen molar-refractivity contribution >= 4 is 0 Å². The SMILES string of the molecule is CCc1ncc(CCCN)[nH]1. The quantitative estimate of drug-likeness (QED) is 0.674. The fourth-order valence-electron chi connectivity index (χ4n) is 1.00. The molecule has 0 bridgehead atoms. The Morgan fingerprint density at radius 2 is 2.45 bits per heavy atom. The van der Waals surface area contributed by atoms with Crippen LogP contribution in [0.3, 0.4) is 0 Å². The van der Waals surface area contributed by atoms with Gasteiger partial charge in [0, 0.05) is 18.3 Å². The lowest BCUT2D eigenvalue weighted by Gasteiger charge is -1.92. The maximum absolute atomic E-state index is 5.38. The zero-order valence-corrected chi connectivity index (χ0v) is 6.93. The van der Waals surface area contributed by atoms with Crippen LogP contribution >= 0.6 is 0 Å². The van der Waals surface area contributed by atoms with Crippen LogP contribution in [0.1, 0.15) is 24.9 Å². The first kappa shape index (κ1) is 8.27. The number of hydrogen-bond donors (Lipinski definition) is 2. The van der Waals surface area contributed by atoms with Crippen molar-refractivity contribution in [2.45, 2.75) is 26.2 Å². The molecule has 1 aromatic heterocycles. The van der Waals surface area contributed by atoms with E-state index in [1.807, 2.05) is 6.20 Å². The van der Waals surface area contributed by atoms with Crippen LogP contribution in [0.2, 0.25) is 0 Å². The second kappa shape index (κ2) is 4.13. The van der Waals surface area contributed by atoms with Gasteiger partial charge in [-0.05, 0) is 19.4 Å². The van der Waals surface area contributed by atoms with E-state index in [0.717, 1.165) is 31.6 Å². The molecule has 0 spiro atoms. The third kappa shape index (κ3) is 2.35. The molecule has 0 radical (unpaired) electrons. The molecule has 1 aromatic rings. The summed E-state index contributed by atoms with van der Waals surface area (Å²) < 4.78 is 0. The number of nitrogens with one attached hydrogen (secondary N) is 1. The van der Waals surface area contributed by atoms with E-state index in [1.54, 1.807) is 0 Å². The minimum atomic E-state index is 0.750. The average Bonchev–Trinajstić information content (AvgIpc) is 2.48. The van der Waals surface area contributed by atoms with Gasteiger partial charge in [-0.3, -0.25) is 0 Å². The van der Waals surface area contributed by atoms with Crippen LogP contribution in [0, 0.1) is 0 Å². The number of nitrogens with zero attached hydrogens (tertiary/aromatic N) is 1. The van der Waals surface area contributed by atoms with Crippen LogP contribution in [-0.2, 0) is 12.8 Å². The lowest BCUT2D eigenvalue weighted by atomic mass is 10.2. The molecule has 0 saturated carbocycles. The molecule has 3 N–H and O–H groups in total. The van der Waals surface area contributed by atoms with E-state index >= 15 is 0 Å². The Kier molecular flexibility index (Phi) is 3.11. The molecular formula is C8H15N3. The molecule has 62 valence electrons. The highest BCUT2D eigenvalue weighted by Crippen LogP contribution is 2.00. The number of imidazole rings is 1. The Balaban J connectivity index is 2.44. The Morgan fingerprint density at radius 3 is 3.00 bits per heavy atom. The van der Waals surface area contributed by atoms with Gasteiger partial charge in [-0.15, -0.1) is 0 Å². The predicted molar refractivity (Wildman–Crippen MR) is 45.3 cm³/mol. The number of aromatic amines is 1. The topological polar surface area (TPSA) is 54.7 Å². The summed E-state index contributed by atoms with van der Waals surface area (Å²) in [4.78, 5) is 7.42. The Hall–Kier alpha value is -0.830. The van der Waals surface area contributed by atoms with E-state index in [0.29, 0.717) is 0 Å². The molecule has 0 aromatic carbocycles. The highest BCUT2D eigenvalue weighted by Gasteiger charge is 1.96. The van der Waals surface area contributed by atoms with Gasteiger partial charge in [0.25, 0.3) is 0 Å². The first-order valence-corrected chi connectivity index (χ1v) is 4.09. The zero-order valence-electron chi connectivity index (χ0n) is 6.93. The molecule has 11 heavy (non-hydrogen) atoms. The summed E-state index contributed by atoms with van der Waals surface area (Å²) in [5, 5.41) is 0. The van der Waals surface area contributed by atoms with E-state index in [-0.39, 0.29) is 0 Å². The summed E-state index contributed by atoms with van der Waals surface area (Å²) >= 11 is 0. The molecule has 0 unspecified atom stereocenters. The highest BCUT2D eigenvalue weighted by molar-refractivity contribution is 5.01. The van der Waals surface area contributed by atoms with E-state index < -0.39 is 0 Å². The molecule has 1 rings (SSSR count). The van der Waals surface area contributed by atoms with Gasteiger partial charge in [-0.2, -0.15) is 0 Å². The van der Waals surface area contributed by atoms with Crippen molar-refractivity contribution in [3.05, 3.63) is 17.7 Å². The second-order valence-corrected chi connectivity index (χ2v) is 2.60. The first-order valence-electron chi connectivity index (χ1n) is 4.09. The van der Waals surface area contributed by atoms with Crippen molar-refractivity contribution in [2.75, 3.05) is 6.54 Å². The predicted octanol–water partition coefficient (Wildman–Crippen LogP) is 0.863. The third-order valence-electron chi connectivity index (χ3n) is 1.67. The molecule has 0 aliphatic rings. The van der Waals surface area contributed by atoms with Gasteiger partial charge in [-0.25, -0.2) is 4.98 Å². The molecule has 0 amide bonds. The Labute approximate surface area is 67.0 Å². The smallest absolute Gasteiger partial charge is 0.105 e. The normalized spacial score (nSPS) is 10.4. The van der Waals surface area contributed by atoms with E-state index in [2.05, 4.69) is 16.9 Å². The minimum absolute atomic E-state index is 0.750. The van der Waals surface area contributed by atoms with Gasteiger partial charge in [0.05, 0.1) is 0 Å². The summed E-state index contributed by atoms with van der Waals surface area (Å²) in [5.41, 5.74) is 6.58. The largest absolute Gasteiger partial charge is 0.346 e. The molecule has 3 heteroatoms. The van der Waals surface area contributed by atoms with Crippen molar-refractivity contribution in [1.82, 2.24) is 9.97 Å². The molecular weight excluding hydrogens is 138 g/mol. The number of aryl methyl sites for hydroxylation is 2. The van der Waals surface area contributed by atoms with Crippen molar-refractivity contribution in [1.29, 1.82) is 0 Å². The van der Waals surface area contributed by atoms with Crippen molar-refractivity contribution in [3.63, 3.8) is 0 Å². The summed E-state index contributed by atoms with van der Waals surface area (Å²) in [6.07, 6.45) is 4.92. The highest BCUT2D eigenvalue weighted by atomic mass is 14.9. The molecule has 0 saturated heterocycles. The van der Waals surface area contributed by atoms with E-state index in [1.165, 1.54) is 5.69 Å².